The summed E-state index contributed by atoms with van der Waals surface area (Å²) in [5.74, 6) is 2.96. The van der Waals surface area contributed by atoms with Gasteiger partial charge in [0, 0.05) is 25.3 Å². The second-order valence-electron chi connectivity index (χ2n) is 7.03. The first kappa shape index (κ1) is 18.6. The summed E-state index contributed by atoms with van der Waals surface area (Å²) < 4.78 is 5.14. The third-order valence-corrected chi connectivity index (χ3v) is 4.47. The maximum Gasteiger partial charge on any atom is 0.193 e. The van der Waals surface area contributed by atoms with Gasteiger partial charge in [0.25, 0.3) is 0 Å². The lowest BCUT2D eigenvalue weighted by atomic mass is 9.92. The molecule has 2 rings (SSSR count). The number of hydrogen-bond acceptors (Lipinski definition) is 3. The first-order chi connectivity index (χ1) is 11.6. The Labute approximate surface area is 146 Å². The third-order valence-electron chi connectivity index (χ3n) is 4.47. The molecule has 3 N–H and O–H groups in total. The van der Waals surface area contributed by atoms with Crippen molar-refractivity contribution in [1.29, 1.82) is 0 Å². The number of benzene rings is 1. The van der Waals surface area contributed by atoms with Crippen molar-refractivity contribution in [3.63, 3.8) is 0 Å². The van der Waals surface area contributed by atoms with Gasteiger partial charge >= 0.3 is 0 Å². The Morgan fingerprint density at radius 2 is 1.88 bits per heavy atom. The maximum atomic E-state index is 5.93. The molecule has 0 saturated carbocycles. The van der Waals surface area contributed by atoms with Gasteiger partial charge in [-0.2, -0.15) is 0 Å². The van der Waals surface area contributed by atoms with E-state index in [0.717, 1.165) is 36.2 Å². The van der Waals surface area contributed by atoms with Crippen LogP contribution in [0.1, 0.15) is 33.1 Å². The number of unbranched alkanes of at least 4 members (excludes halogenated alkanes) is 1. The largest absolute Gasteiger partial charge is 0.497 e. The van der Waals surface area contributed by atoms with E-state index in [1.54, 1.807) is 7.11 Å². The third kappa shape index (κ3) is 6.40. The molecular weight excluding hydrogens is 300 g/mol. The van der Waals surface area contributed by atoms with Crippen LogP contribution in [-0.2, 0) is 0 Å². The lowest BCUT2D eigenvalue weighted by Crippen LogP contribution is -2.39. The highest BCUT2D eigenvalue weighted by molar-refractivity contribution is 5.92. The molecule has 0 bridgehead atoms. The number of aliphatic imine (C=N–C) groups is 1. The van der Waals surface area contributed by atoms with Crippen LogP contribution in [0.25, 0.3) is 0 Å². The Hall–Kier alpha value is -1.75. The minimum atomic E-state index is 0.473. The van der Waals surface area contributed by atoms with Crippen molar-refractivity contribution < 1.29 is 4.74 Å². The summed E-state index contributed by atoms with van der Waals surface area (Å²) in [4.78, 5) is 7.01. The van der Waals surface area contributed by atoms with E-state index >= 15 is 0 Å². The number of nitrogens with two attached hydrogens (primary N) is 1. The number of guanidine groups is 1. The molecule has 5 heteroatoms. The first-order valence-corrected chi connectivity index (χ1v) is 9.00. The number of methoxy groups -OCH3 is 1. The van der Waals surface area contributed by atoms with Gasteiger partial charge in [-0.1, -0.05) is 13.8 Å². The summed E-state index contributed by atoms with van der Waals surface area (Å²) in [5, 5.41) is 3.11. The zero-order valence-corrected chi connectivity index (χ0v) is 15.3. The van der Waals surface area contributed by atoms with Crippen LogP contribution in [0.5, 0.6) is 5.75 Å². The van der Waals surface area contributed by atoms with Gasteiger partial charge in [-0.25, -0.2) is 0 Å². The average Bonchev–Trinajstić information content (AvgIpc) is 2.54. The molecule has 134 valence electrons. The minimum absolute atomic E-state index is 0.473. The van der Waals surface area contributed by atoms with Crippen molar-refractivity contribution in [1.82, 2.24) is 4.90 Å². The zero-order valence-electron chi connectivity index (χ0n) is 15.3. The number of piperidine rings is 1. The van der Waals surface area contributed by atoms with E-state index in [2.05, 4.69) is 29.1 Å². The molecule has 0 spiro atoms. The fourth-order valence-corrected chi connectivity index (χ4v) is 3.48. The van der Waals surface area contributed by atoms with Crippen LogP contribution < -0.4 is 15.8 Å². The minimum Gasteiger partial charge on any atom is -0.497 e. The average molecular weight is 332 g/mol. The molecule has 1 aliphatic heterocycles. The van der Waals surface area contributed by atoms with Crippen LogP contribution in [0, 0.1) is 11.8 Å². The molecule has 0 amide bonds. The molecule has 1 aromatic rings. The van der Waals surface area contributed by atoms with Gasteiger partial charge < -0.3 is 20.7 Å². The van der Waals surface area contributed by atoms with Crippen LogP contribution in [0.3, 0.4) is 0 Å². The number of nitrogens with one attached hydrogen (secondary N) is 1. The SMILES string of the molecule is COc1ccc(NC(N)=NCCCCN2CC(C)CC(C)C2)cc1. The van der Waals surface area contributed by atoms with Crippen molar-refractivity contribution in [2.24, 2.45) is 22.6 Å². The van der Waals surface area contributed by atoms with Crippen molar-refractivity contribution in [2.75, 3.05) is 38.6 Å². The van der Waals surface area contributed by atoms with Crippen LogP contribution in [0.15, 0.2) is 29.3 Å². The summed E-state index contributed by atoms with van der Waals surface area (Å²) in [6.07, 6.45) is 3.62. The highest BCUT2D eigenvalue weighted by Crippen LogP contribution is 2.21. The maximum absolute atomic E-state index is 5.93. The van der Waals surface area contributed by atoms with Gasteiger partial charge in [-0.05, 0) is 61.9 Å². The van der Waals surface area contributed by atoms with E-state index in [0.29, 0.717) is 5.96 Å². The van der Waals surface area contributed by atoms with Gasteiger partial charge in [0.15, 0.2) is 5.96 Å². The van der Waals surface area contributed by atoms with E-state index in [-0.39, 0.29) is 0 Å². The quantitative estimate of drug-likeness (QED) is 0.457. The van der Waals surface area contributed by atoms with Gasteiger partial charge in [0.1, 0.15) is 5.75 Å². The molecule has 2 unspecified atom stereocenters. The van der Waals surface area contributed by atoms with Crippen molar-refractivity contribution >= 4 is 11.6 Å². The lowest BCUT2D eigenvalue weighted by Gasteiger charge is -2.34. The Morgan fingerprint density at radius 1 is 1.21 bits per heavy atom. The lowest BCUT2D eigenvalue weighted by molar-refractivity contribution is 0.139. The smallest absolute Gasteiger partial charge is 0.193 e. The zero-order chi connectivity index (χ0) is 17.4. The topological polar surface area (TPSA) is 62.9 Å². The predicted octanol–water partition coefficient (Wildman–Crippen LogP) is 3.18. The Bertz CT molecular complexity index is 505. The molecule has 1 fully saturated rings. The Morgan fingerprint density at radius 3 is 2.50 bits per heavy atom. The number of nitrogens with zero attached hydrogens (tertiary/aromatic N) is 2. The summed E-state index contributed by atoms with van der Waals surface area (Å²) in [6.45, 7) is 9.16. The number of hydrogen-bond donors (Lipinski definition) is 2. The Balaban J connectivity index is 1.64. The first-order valence-electron chi connectivity index (χ1n) is 9.00. The summed E-state index contributed by atoms with van der Waals surface area (Å²) in [6, 6.07) is 7.66. The molecule has 1 aliphatic rings. The van der Waals surface area contributed by atoms with Gasteiger partial charge in [-0.3, -0.25) is 4.99 Å². The van der Waals surface area contributed by atoms with Crippen LogP contribution in [-0.4, -0.2) is 44.1 Å². The summed E-state index contributed by atoms with van der Waals surface area (Å²) >= 11 is 0. The summed E-state index contributed by atoms with van der Waals surface area (Å²) in [7, 11) is 1.66. The van der Waals surface area contributed by atoms with Crippen molar-refractivity contribution in [3.05, 3.63) is 24.3 Å². The van der Waals surface area contributed by atoms with Gasteiger partial charge in [-0.15, -0.1) is 0 Å². The van der Waals surface area contributed by atoms with E-state index in [4.69, 9.17) is 10.5 Å². The van der Waals surface area contributed by atoms with Crippen molar-refractivity contribution in [3.8, 4) is 5.75 Å². The Kier molecular flexibility index (Phi) is 7.37. The molecule has 1 saturated heterocycles. The molecule has 5 nitrogen and oxygen atoms in total. The normalized spacial score (nSPS) is 22.4. The number of anilines is 1. The number of ether oxygens (including phenoxy) is 1. The van der Waals surface area contributed by atoms with Crippen molar-refractivity contribution in [2.45, 2.75) is 33.1 Å². The fraction of sp³-hybridized carbons (Fsp3) is 0.632. The van der Waals surface area contributed by atoms with Crippen LogP contribution >= 0.6 is 0 Å². The molecule has 0 aliphatic carbocycles. The molecule has 0 aromatic heterocycles. The molecular formula is C19H32N4O. The van der Waals surface area contributed by atoms with E-state index in [1.165, 1.54) is 32.5 Å². The van der Waals surface area contributed by atoms with Gasteiger partial charge in [0.05, 0.1) is 7.11 Å². The van der Waals surface area contributed by atoms with Crippen LogP contribution in [0.2, 0.25) is 0 Å². The molecule has 1 aromatic carbocycles. The van der Waals surface area contributed by atoms with E-state index in [1.807, 2.05) is 24.3 Å². The second kappa shape index (κ2) is 9.52. The molecule has 1 heterocycles. The standard InChI is InChI=1S/C19H32N4O/c1-15-12-16(2)14-23(13-15)11-5-4-10-21-19(20)22-17-6-8-18(24-3)9-7-17/h6-9,15-16H,4-5,10-14H2,1-3H3,(H3,20,21,22). The molecule has 0 radical (unpaired) electrons. The number of rotatable bonds is 7. The molecule has 24 heavy (non-hydrogen) atoms. The second-order valence-corrected chi connectivity index (χ2v) is 7.03. The van der Waals surface area contributed by atoms with E-state index < -0.39 is 0 Å². The summed E-state index contributed by atoms with van der Waals surface area (Å²) in [5.41, 5.74) is 6.86. The highest BCUT2D eigenvalue weighted by Gasteiger charge is 2.20. The number of likely N-dealkylation sites (tertiary alicyclic amines) is 1. The van der Waals surface area contributed by atoms with Crippen LogP contribution in [0.4, 0.5) is 5.69 Å². The predicted molar refractivity (Wildman–Crippen MR) is 102 cm³/mol. The van der Waals surface area contributed by atoms with Gasteiger partial charge in [0.2, 0.25) is 0 Å². The highest BCUT2D eigenvalue weighted by atomic mass is 16.5. The fourth-order valence-electron chi connectivity index (χ4n) is 3.48. The molecule has 2 atom stereocenters. The van der Waals surface area contributed by atoms with E-state index in [9.17, 15) is 0 Å². The monoisotopic (exact) mass is 332 g/mol.